The fourth-order valence-corrected chi connectivity index (χ4v) is 4.54. The number of hydrogen-bond acceptors (Lipinski definition) is 5. The minimum atomic E-state index is -4.55. The number of amides is 2. The van der Waals surface area contributed by atoms with Crippen LogP contribution in [-0.2, 0) is 15.8 Å². The highest BCUT2D eigenvalue weighted by Gasteiger charge is 2.33. The first kappa shape index (κ1) is 25.2. The number of rotatable bonds is 6. The van der Waals surface area contributed by atoms with Crippen LogP contribution in [-0.4, -0.2) is 64.3 Å². The van der Waals surface area contributed by atoms with Crippen LogP contribution >= 0.6 is 24.0 Å². The molecule has 1 fully saturated rings. The number of thiocarbonyl (C=S) groups is 1. The Balaban J connectivity index is 1.47. The van der Waals surface area contributed by atoms with Crippen LogP contribution in [0.15, 0.2) is 54.6 Å². The number of thioether (sulfide) groups is 1. The summed E-state index contributed by atoms with van der Waals surface area (Å²) in [6.45, 7) is 2.01. The molecule has 0 aromatic heterocycles. The quantitative estimate of drug-likeness (QED) is 0.606. The third kappa shape index (κ3) is 7.55. The van der Waals surface area contributed by atoms with E-state index in [2.05, 4.69) is 5.32 Å². The maximum Gasteiger partial charge on any atom is 0.418 e. The van der Waals surface area contributed by atoms with Crippen LogP contribution in [0.2, 0.25) is 0 Å². The van der Waals surface area contributed by atoms with Crippen molar-refractivity contribution in [2.45, 2.75) is 12.6 Å². The summed E-state index contributed by atoms with van der Waals surface area (Å²) in [5, 5.41) is 2.37. The summed E-state index contributed by atoms with van der Waals surface area (Å²) in [6.07, 6.45) is -3.87. The van der Waals surface area contributed by atoms with E-state index in [1.54, 1.807) is 4.90 Å². The number of carbonyl (C=O) groups is 2. The second-order valence-corrected chi connectivity index (χ2v) is 9.20. The van der Waals surface area contributed by atoms with Crippen molar-refractivity contribution in [2.24, 2.45) is 0 Å². The Bertz CT molecular complexity index is 986. The van der Waals surface area contributed by atoms with Gasteiger partial charge in [-0.1, -0.05) is 54.7 Å². The molecule has 0 saturated carbocycles. The molecule has 0 atom stereocenters. The molecule has 0 radical (unpaired) electrons. The van der Waals surface area contributed by atoms with E-state index in [0.717, 1.165) is 11.6 Å². The standard InChI is InChI=1S/C23H24F3N3O2S2/c24-23(25,26)18-9-4-5-10-19(18)27-20(30)15-28-11-6-12-29(14-13-28)21(31)16-33-22(32)17-7-2-1-3-8-17/h1-5,7-10H,6,11-16H2,(H,27,30). The number of halogens is 3. The van der Waals surface area contributed by atoms with E-state index >= 15 is 0 Å². The van der Waals surface area contributed by atoms with Crippen molar-refractivity contribution in [3.63, 3.8) is 0 Å². The molecular weight excluding hydrogens is 471 g/mol. The molecule has 2 aromatic carbocycles. The summed E-state index contributed by atoms with van der Waals surface area (Å²) < 4.78 is 40.1. The van der Waals surface area contributed by atoms with Crippen LogP contribution in [0, 0.1) is 0 Å². The number of para-hydroxylation sites is 1. The van der Waals surface area contributed by atoms with Gasteiger partial charge in [-0.15, -0.1) is 11.8 Å². The molecule has 3 rings (SSSR count). The topological polar surface area (TPSA) is 52.7 Å². The second kappa shape index (κ2) is 11.6. The maximum absolute atomic E-state index is 13.1. The Hall–Kier alpha value is -2.43. The Kier molecular flexibility index (Phi) is 8.87. The molecule has 0 unspecified atom stereocenters. The molecule has 1 heterocycles. The zero-order valence-electron chi connectivity index (χ0n) is 17.8. The summed E-state index contributed by atoms with van der Waals surface area (Å²) in [5.74, 6) is -0.304. The van der Waals surface area contributed by atoms with Gasteiger partial charge in [-0.25, -0.2) is 0 Å². The van der Waals surface area contributed by atoms with Gasteiger partial charge in [0.2, 0.25) is 11.8 Å². The summed E-state index contributed by atoms with van der Waals surface area (Å²) in [4.78, 5) is 28.6. The van der Waals surface area contributed by atoms with Gasteiger partial charge in [0.05, 0.1) is 27.7 Å². The Labute approximate surface area is 200 Å². The molecular formula is C23H24F3N3O2S2. The lowest BCUT2D eigenvalue weighted by Crippen LogP contribution is -2.38. The lowest BCUT2D eigenvalue weighted by Gasteiger charge is -2.22. The van der Waals surface area contributed by atoms with Crippen LogP contribution in [0.5, 0.6) is 0 Å². The van der Waals surface area contributed by atoms with Crippen molar-refractivity contribution in [1.82, 2.24) is 9.80 Å². The van der Waals surface area contributed by atoms with Crippen LogP contribution in [0.1, 0.15) is 17.5 Å². The van der Waals surface area contributed by atoms with Crippen LogP contribution in [0.3, 0.4) is 0 Å². The monoisotopic (exact) mass is 495 g/mol. The van der Waals surface area contributed by atoms with Crippen molar-refractivity contribution in [3.05, 3.63) is 65.7 Å². The van der Waals surface area contributed by atoms with Gasteiger partial charge in [-0.2, -0.15) is 13.2 Å². The summed E-state index contributed by atoms with van der Waals surface area (Å²) >= 11 is 6.71. The summed E-state index contributed by atoms with van der Waals surface area (Å²) in [5.41, 5.74) is -0.226. The maximum atomic E-state index is 13.1. The third-order valence-electron chi connectivity index (χ3n) is 5.15. The number of carbonyl (C=O) groups excluding carboxylic acids is 2. The first-order chi connectivity index (χ1) is 15.7. The van der Waals surface area contributed by atoms with Crippen LogP contribution in [0.25, 0.3) is 0 Å². The molecule has 33 heavy (non-hydrogen) atoms. The molecule has 0 aliphatic carbocycles. The van der Waals surface area contributed by atoms with Crippen molar-refractivity contribution in [3.8, 4) is 0 Å². The molecule has 2 aromatic rings. The SMILES string of the molecule is O=C(CN1CCCN(C(=O)CSC(=S)c2ccccc2)CC1)Nc1ccccc1C(F)(F)F. The van der Waals surface area contributed by atoms with Gasteiger partial charge in [0, 0.05) is 26.2 Å². The highest BCUT2D eigenvalue weighted by molar-refractivity contribution is 8.24. The summed E-state index contributed by atoms with van der Waals surface area (Å²) in [6, 6.07) is 14.4. The molecule has 2 amide bonds. The van der Waals surface area contributed by atoms with Crippen molar-refractivity contribution < 1.29 is 22.8 Å². The van der Waals surface area contributed by atoms with Gasteiger partial charge in [0.15, 0.2) is 0 Å². The molecule has 1 saturated heterocycles. The highest BCUT2D eigenvalue weighted by Crippen LogP contribution is 2.34. The van der Waals surface area contributed by atoms with E-state index in [9.17, 15) is 22.8 Å². The van der Waals surface area contributed by atoms with E-state index in [-0.39, 0.29) is 23.9 Å². The minimum Gasteiger partial charge on any atom is -0.341 e. The van der Waals surface area contributed by atoms with E-state index in [4.69, 9.17) is 12.2 Å². The molecule has 1 aliphatic rings. The van der Waals surface area contributed by atoms with Crippen molar-refractivity contribution in [1.29, 1.82) is 0 Å². The lowest BCUT2D eigenvalue weighted by molar-refractivity contribution is -0.137. The van der Waals surface area contributed by atoms with Crippen molar-refractivity contribution >= 4 is 45.7 Å². The minimum absolute atomic E-state index is 0.0244. The van der Waals surface area contributed by atoms with E-state index in [1.807, 2.05) is 35.2 Å². The largest absolute Gasteiger partial charge is 0.418 e. The number of benzene rings is 2. The highest BCUT2D eigenvalue weighted by atomic mass is 32.2. The fourth-order valence-electron chi connectivity index (χ4n) is 3.49. The van der Waals surface area contributed by atoms with Crippen molar-refractivity contribution in [2.75, 3.05) is 43.8 Å². The second-order valence-electron chi connectivity index (χ2n) is 7.54. The van der Waals surface area contributed by atoms with Gasteiger partial charge in [-0.05, 0) is 24.1 Å². The third-order valence-corrected chi connectivity index (χ3v) is 6.63. The lowest BCUT2D eigenvalue weighted by atomic mass is 10.1. The zero-order chi connectivity index (χ0) is 23.8. The average Bonchev–Trinajstić information content (AvgIpc) is 3.03. The summed E-state index contributed by atoms with van der Waals surface area (Å²) in [7, 11) is 0. The van der Waals surface area contributed by atoms with E-state index in [0.29, 0.717) is 36.8 Å². The average molecular weight is 496 g/mol. The smallest absolute Gasteiger partial charge is 0.341 e. The first-order valence-corrected chi connectivity index (χ1v) is 11.8. The number of nitrogens with zero attached hydrogens (tertiary/aromatic N) is 2. The molecule has 0 bridgehead atoms. The molecule has 0 spiro atoms. The molecule has 5 nitrogen and oxygen atoms in total. The number of alkyl halides is 3. The van der Waals surface area contributed by atoms with Crippen LogP contribution < -0.4 is 5.32 Å². The van der Waals surface area contributed by atoms with Gasteiger partial charge in [0.1, 0.15) is 0 Å². The van der Waals surface area contributed by atoms with Gasteiger partial charge < -0.3 is 10.2 Å². The van der Waals surface area contributed by atoms with Gasteiger partial charge in [-0.3, -0.25) is 14.5 Å². The molecule has 1 aliphatic heterocycles. The fraction of sp³-hybridized carbons (Fsp3) is 0.348. The van der Waals surface area contributed by atoms with Gasteiger partial charge >= 0.3 is 6.18 Å². The van der Waals surface area contributed by atoms with E-state index < -0.39 is 17.6 Å². The Morgan fingerprint density at radius 3 is 2.39 bits per heavy atom. The Morgan fingerprint density at radius 1 is 0.970 bits per heavy atom. The Morgan fingerprint density at radius 2 is 1.67 bits per heavy atom. The molecule has 10 heteroatoms. The number of anilines is 1. The zero-order valence-corrected chi connectivity index (χ0v) is 19.4. The first-order valence-electron chi connectivity index (χ1n) is 10.4. The number of nitrogens with one attached hydrogen (secondary N) is 1. The van der Waals surface area contributed by atoms with E-state index in [1.165, 1.54) is 30.0 Å². The predicted molar refractivity (Wildman–Crippen MR) is 128 cm³/mol. The van der Waals surface area contributed by atoms with Gasteiger partial charge in [0.25, 0.3) is 0 Å². The normalized spacial score (nSPS) is 15.1. The molecule has 176 valence electrons. The predicted octanol–water partition coefficient (Wildman–Crippen LogP) is 4.29. The van der Waals surface area contributed by atoms with Crippen LogP contribution in [0.4, 0.5) is 18.9 Å². The number of hydrogen-bond donors (Lipinski definition) is 1. The molecule has 1 N–H and O–H groups in total.